The summed E-state index contributed by atoms with van der Waals surface area (Å²) < 4.78 is 51.9. The van der Waals surface area contributed by atoms with Crippen LogP contribution in [0.2, 0.25) is 0 Å². The average molecular weight is 317 g/mol. The third-order valence-electron chi connectivity index (χ3n) is 1.63. The highest BCUT2D eigenvalue weighted by molar-refractivity contribution is 9.10. The molecule has 0 aliphatic carbocycles. The molecule has 5 nitrogen and oxygen atoms in total. The first-order chi connectivity index (χ1) is 7.27. The van der Waals surface area contributed by atoms with Crippen molar-refractivity contribution in [2.24, 2.45) is 5.14 Å². The van der Waals surface area contributed by atoms with Crippen molar-refractivity contribution in [3.8, 4) is 5.88 Å². The van der Waals surface area contributed by atoms with Crippen LogP contribution in [0.15, 0.2) is 15.4 Å². The number of halogens is 3. The first-order valence-corrected chi connectivity index (χ1v) is 6.16. The zero-order valence-corrected chi connectivity index (χ0v) is 10.3. The van der Waals surface area contributed by atoms with E-state index in [0.717, 1.165) is 6.07 Å². The Morgan fingerprint density at radius 2 is 2.12 bits per heavy atom. The smallest absolute Gasteiger partial charge is 0.281 e. The van der Waals surface area contributed by atoms with Gasteiger partial charge in [0.2, 0.25) is 15.9 Å². The summed E-state index contributed by atoms with van der Waals surface area (Å²) >= 11 is 2.83. The van der Waals surface area contributed by atoms with Crippen molar-refractivity contribution in [1.82, 2.24) is 4.98 Å². The Bertz CT molecular complexity index is 507. The molecule has 0 aliphatic heterocycles. The second-order valence-corrected chi connectivity index (χ2v) is 5.06. The van der Waals surface area contributed by atoms with Crippen LogP contribution in [-0.2, 0) is 10.0 Å². The molecule has 0 spiro atoms. The third-order valence-corrected chi connectivity index (χ3v) is 3.52. The van der Waals surface area contributed by atoms with E-state index < -0.39 is 27.0 Å². The highest BCUT2D eigenvalue weighted by Gasteiger charge is 2.26. The molecule has 0 atom stereocenters. The Morgan fingerprint density at radius 1 is 1.56 bits per heavy atom. The Balaban J connectivity index is 3.59. The van der Waals surface area contributed by atoms with Crippen molar-refractivity contribution >= 4 is 26.0 Å². The van der Waals surface area contributed by atoms with E-state index in [1.807, 2.05) is 0 Å². The molecule has 0 radical (unpaired) electrons. The molecule has 1 aromatic rings. The number of sulfonamides is 1. The van der Waals surface area contributed by atoms with Crippen molar-refractivity contribution in [2.45, 2.75) is 11.3 Å². The van der Waals surface area contributed by atoms with Gasteiger partial charge < -0.3 is 4.74 Å². The van der Waals surface area contributed by atoms with Crippen LogP contribution in [0.3, 0.4) is 0 Å². The van der Waals surface area contributed by atoms with Crippen LogP contribution in [0.5, 0.6) is 5.88 Å². The highest BCUT2D eigenvalue weighted by Crippen LogP contribution is 2.32. The number of methoxy groups -OCH3 is 1. The molecule has 0 fully saturated rings. The molecular formula is C7H7BrF2N2O3S. The molecule has 90 valence electrons. The molecule has 2 N–H and O–H groups in total. The molecule has 0 saturated carbocycles. The first kappa shape index (κ1) is 13.3. The van der Waals surface area contributed by atoms with E-state index in [-0.39, 0.29) is 10.4 Å². The number of hydrogen-bond acceptors (Lipinski definition) is 4. The maximum absolute atomic E-state index is 12.6. The molecule has 0 aliphatic rings. The van der Waals surface area contributed by atoms with Crippen molar-refractivity contribution < 1.29 is 21.9 Å². The Labute approximate surface area is 98.8 Å². The zero-order chi connectivity index (χ0) is 12.5. The minimum Gasteiger partial charge on any atom is -0.481 e. The fourth-order valence-electron chi connectivity index (χ4n) is 1.03. The van der Waals surface area contributed by atoms with Crippen LogP contribution in [0, 0.1) is 0 Å². The molecule has 0 amide bonds. The number of ether oxygens (including phenoxy) is 1. The zero-order valence-electron chi connectivity index (χ0n) is 7.95. The standard InChI is InChI=1S/C7H7BrF2N2O3S/c1-15-4-2-3(8)6(16(11,13)14)5(12-4)7(9)10/h2,7H,1H3,(H2,11,13,14). The summed E-state index contributed by atoms with van der Waals surface area (Å²) in [5.74, 6) is -0.130. The molecule has 9 heteroatoms. The number of rotatable bonds is 3. The van der Waals surface area contributed by atoms with Crippen LogP contribution < -0.4 is 9.88 Å². The van der Waals surface area contributed by atoms with Gasteiger partial charge in [-0.15, -0.1) is 0 Å². The summed E-state index contributed by atoms with van der Waals surface area (Å²) in [7, 11) is -3.06. The minimum absolute atomic E-state index is 0.114. The Kier molecular flexibility index (Phi) is 3.81. The van der Waals surface area contributed by atoms with Crippen LogP contribution in [0.25, 0.3) is 0 Å². The summed E-state index contributed by atoms with van der Waals surface area (Å²) in [6, 6.07) is 1.14. The van der Waals surface area contributed by atoms with E-state index in [4.69, 9.17) is 5.14 Å². The Morgan fingerprint density at radius 3 is 2.50 bits per heavy atom. The van der Waals surface area contributed by atoms with Gasteiger partial charge in [-0.25, -0.2) is 27.3 Å². The molecule has 0 saturated heterocycles. The van der Waals surface area contributed by atoms with Gasteiger partial charge in [-0.3, -0.25) is 0 Å². The van der Waals surface area contributed by atoms with Gasteiger partial charge >= 0.3 is 0 Å². The summed E-state index contributed by atoms with van der Waals surface area (Å²) in [6.07, 6.45) is -3.07. The SMILES string of the molecule is COc1cc(Br)c(S(N)(=O)=O)c(C(F)F)n1. The summed E-state index contributed by atoms with van der Waals surface area (Å²) in [6.45, 7) is 0. The van der Waals surface area contributed by atoms with Crippen LogP contribution in [-0.4, -0.2) is 20.5 Å². The molecule has 1 rings (SSSR count). The minimum atomic E-state index is -4.28. The van der Waals surface area contributed by atoms with E-state index in [1.165, 1.54) is 7.11 Å². The average Bonchev–Trinajstić information content (AvgIpc) is 2.14. The lowest BCUT2D eigenvalue weighted by molar-refractivity contribution is 0.141. The highest BCUT2D eigenvalue weighted by atomic mass is 79.9. The van der Waals surface area contributed by atoms with Crippen molar-refractivity contribution in [2.75, 3.05) is 7.11 Å². The Hall–Kier alpha value is -0.800. The van der Waals surface area contributed by atoms with E-state index in [2.05, 4.69) is 25.7 Å². The predicted octanol–water partition coefficient (Wildman–Crippen LogP) is 1.44. The molecule has 0 unspecified atom stereocenters. The normalized spacial score (nSPS) is 11.9. The van der Waals surface area contributed by atoms with E-state index >= 15 is 0 Å². The number of nitrogens with two attached hydrogens (primary N) is 1. The van der Waals surface area contributed by atoms with Crippen LogP contribution in [0.1, 0.15) is 12.1 Å². The number of alkyl halides is 2. The molecule has 0 aromatic carbocycles. The second kappa shape index (κ2) is 4.60. The van der Waals surface area contributed by atoms with E-state index in [0.29, 0.717) is 0 Å². The van der Waals surface area contributed by atoms with E-state index in [1.54, 1.807) is 0 Å². The van der Waals surface area contributed by atoms with Crippen LogP contribution >= 0.6 is 15.9 Å². The number of primary sulfonamides is 1. The van der Waals surface area contributed by atoms with Gasteiger partial charge in [0, 0.05) is 10.5 Å². The fourth-order valence-corrected chi connectivity index (χ4v) is 2.86. The van der Waals surface area contributed by atoms with Gasteiger partial charge in [0.05, 0.1) is 7.11 Å². The summed E-state index contributed by atoms with van der Waals surface area (Å²) in [4.78, 5) is 2.62. The lowest BCUT2D eigenvalue weighted by Gasteiger charge is -2.10. The quantitative estimate of drug-likeness (QED) is 0.914. The van der Waals surface area contributed by atoms with Crippen molar-refractivity contribution in [1.29, 1.82) is 0 Å². The van der Waals surface area contributed by atoms with E-state index in [9.17, 15) is 17.2 Å². The van der Waals surface area contributed by atoms with Gasteiger partial charge in [-0.2, -0.15) is 0 Å². The van der Waals surface area contributed by atoms with Gasteiger partial charge in [-0.1, -0.05) is 0 Å². The topological polar surface area (TPSA) is 82.3 Å². The molecule has 16 heavy (non-hydrogen) atoms. The maximum atomic E-state index is 12.6. The second-order valence-electron chi connectivity index (χ2n) is 2.71. The van der Waals surface area contributed by atoms with Crippen LogP contribution in [0.4, 0.5) is 8.78 Å². The number of aromatic nitrogens is 1. The van der Waals surface area contributed by atoms with Crippen molar-refractivity contribution in [3.05, 3.63) is 16.2 Å². The van der Waals surface area contributed by atoms with Crippen molar-refractivity contribution in [3.63, 3.8) is 0 Å². The molecule has 1 aromatic heterocycles. The van der Waals surface area contributed by atoms with Gasteiger partial charge in [0.25, 0.3) is 6.43 Å². The lowest BCUT2D eigenvalue weighted by Crippen LogP contribution is -2.17. The molecular weight excluding hydrogens is 310 g/mol. The molecule has 0 bridgehead atoms. The fraction of sp³-hybridized carbons (Fsp3) is 0.286. The first-order valence-electron chi connectivity index (χ1n) is 3.82. The monoisotopic (exact) mass is 316 g/mol. The largest absolute Gasteiger partial charge is 0.481 e. The number of hydrogen-bond donors (Lipinski definition) is 1. The van der Waals surface area contributed by atoms with Gasteiger partial charge in [0.15, 0.2) is 0 Å². The number of pyridine rings is 1. The third kappa shape index (κ3) is 2.66. The molecule has 1 heterocycles. The number of nitrogens with zero attached hydrogens (tertiary/aromatic N) is 1. The van der Waals surface area contributed by atoms with Gasteiger partial charge in [-0.05, 0) is 15.9 Å². The lowest BCUT2D eigenvalue weighted by atomic mass is 10.3. The van der Waals surface area contributed by atoms with Gasteiger partial charge in [0.1, 0.15) is 10.6 Å². The summed E-state index contributed by atoms with van der Waals surface area (Å²) in [5.41, 5.74) is -0.936. The maximum Gasteiger partial charge on any atom is 0.281 e. The predicted molar refractivity (Wildman–Crippen MR) is 54.8 cm³/mol. The summed E-state index contributed by atoms with van der Waals surface area (Å²) in [5, 5.41) is 4.82.